The van der Waals surface area contributed by atoms with Crippen LogP contribution in [0.4, 0.5) is 11.4 Å². The Morgan fingerprint density at radius 1 is 1.04 bits per heavy atom. The van der Waals surface area contributed by atoms with Gasteiger partial charge in [0.25, 0.3) is 5.75 Å². The molecule has 0 spiro atoms. The Labute approximate surface area is 139 Å². The number of aromatic hydroxyl groups is 1. The van der Waals surface area contributed by atoms with Crippen molar-refractivity contribution in [3.05, 3.63) is 56.8 Å². The van der Waals surface area contributed by atoms with Crippen molar-refractivity contribution in [2.45, 2.75) is 0 Å². The number of benzene rings is 2. The van der Waals surface area contributed by atoms with Gasteiger partial charge in [0.15, 0.2) is 5.52 Å². The van der Waals surface area contributed by atoms with E-state index in [1.54, 1.807) is 30.3 Å². The van der Waals surface area contributed by atoms with Crippen LogP contribution in [0, 0.1) is 20.2 Å². The van der Waals surface area contributed by atoms with E-state index in [1.807, 2.05) is 0 Å². The number of aromatic nitrogens is 2. The molecular weight excluding hydrogens is 332 g/mol. The molecule has 1 heterocycles. The van der Waals surface area contributed by atoms with Crippen LogP contribution in [0.25, 0.3) is 22.3 Å². The fourth-order valence-corrected chi connectivity index (χ4v) is 2.45. The Morgan fingerprint density at radius 2 is 1.68 bits per heavy atom. The van der Waals surface area contributed by atoms with Crippen molar-refractivity contribution >= 4 is 22.4 Å². The summed E-state index contributed by atoms with van der Waals surface area (Å²) in [7, 11) is 1.03. The molecule has 0 amide bonds. The fourth-order valence-electron chi connectivity index (χ4n) is 2.45. The first-order valence-corrected chi connectivity index (χ1v) is 6.89. The number of ether oxygens (including phenoxy) is 1. The zero-order valence-electron chi connectivity index (χ0n) is 12.7. The average molecular weight is 342 g/mol. The van der Waals surface area contributed by atoms with Crippen LogP contribution < -0.4 is 4.74 Å². The number of nitro benzene ring substituents is 2. The molecule has 1 aromatic heterocycles. The molecule has 0 saturated heterocycles. The highest BCUT2D eigenvalue weighted by atomic mass is 16.6. The molecule has 0 saturated carbocycles. The SMILES string of the molecule is COc1c([N+](=O)[O-])c(O)c2nc(-c3ccccc3)cnc2c1[N+](=O)[O-]. The third-order valence-corrected chi connectivity index (χ3v) is 3.51. The smallest absolute Gasteiger partial charge is 0.361 e. The lowest BCUT2D eigenvalue weighted by Crippen LogP contribution is -2.03. The summed E-state index contributed by atoms with van der Waals surface area (Å²) < 4.78 is 4.79. The van der Waals surface area contributed by atoms with Crippen LogP contribution in [-0.4, -0.2) is 32.0 Å². The summed E-state index contributed by atoms with van der Waals surface area (Å²) in [4.78, 5) is 29.0. The highest BCUT2D eigenvalue weighted by molar-refractivity contribution is 5.98. The number of rotatable bonds is 4. The van der Waals surface area contributed by atoms with Gasteiger partial charge >= 0.3 is 11.4 Å². The second-order valence-electron chi connectivity index (χ2n) is 4.91. The van der Waals surface area contributed by atoms with E-state index in [0.29, 0.717) is 11.3 Å². The minimum atomic E-state index is -0.961. The summed E-state index contributed by atoms with van der Waals surface area (Å²) >= 11 is 0. The average Bonchev–Trinajstić information content (AvgIpc) is 2.61. The minimum Gasteiger partial charge on any atom is -0.500 e. The van der Waals surface area contributed by atoms with Crippen LogP contribution >= 0.6 is 0 Å². The lowest BCUT2D eigenvalue weighted by Gasteiger charge is -2.09. The number of phenols is 1. The standard InChI is InChI=1S/C15H10N4O6/c1-25-15-12(18(21)22)10-11(14(20)13(15)19(23)24)17-9(7-16-10)8-5-3-2-4-6-8/h2-7,20H,1H3. The van der Waals surface area contributed by atoms with Crippen molar-refractivity contribution in [1.29, 1.82) is 0 Å². The predicted octanol–water partition coefficient (Wildman–Crippen LogP) is 2.83. The summed E-state index contributed by atoms with van der Waals surface area (Å²) in [6, 6.07) is 8.73. The van der Waals surface area contributed by atoms with Crippen molar-refractivity contribution in [1.82, 2.24) is 9.97 Å². The van der Waals surface area contributed by atoms with Crippen LogP contribution in [-0.2, 0) is 0 Å². The van der Waals surface area contributed by atoms with E-state index in [2.05, 4.69) is 9.97 Å². The van der Waals surface area contributed by atoms with Gasteiger partial charge in [-0.25, -0.2) is 9.97 Å². The molecule has 0 unspecified atom stereocenters. The van der Waals surface area contributed by atoms with Gasteiger partial charge < -0.3 is 9.84 Å². The molecule has 3 rings (SSSR count). The van der Waals surface area contributed by atoms with E-state index in [1.165, 1.54) is 6.20 Å². The van der Waals surface area contributed by atoms with E-state index < -0.39 is 32.7 Å². The Hall–Kier alpha value is -3.82. The van der Waals surface area contributed by atoms with E-state index in [0.717, 1.165) is 7.11 Å². The number of nitrogens with zero attached hydrogens (tertiary/aromatic N) is 4. The third kappa shape index (κ3) is 2.55. The van der Waals surface area contributed by atoms with Gasteiger partial charge in [0.05, 0.1) is 28.8 Å². The maximum absolute atomic E-state index is 11.4. The molecule has 126 valence electrons. The van der Waals surface area contributed by atoms with E-state index in [-0.39, 0.29) is 11.0 Å². The highest BCUT2D eigenvalue weighted by Crippen LogP contribution is 2.48. The van der Waals surface area contributed by atoms with E-state index in [4.69, 9.17) is 4.74 Å². The Kier molecular flexibility index (Phi) is 3.85. The van der Waals surface area contributed by atoms with Gasteiger partial charge in [-0.2, -0.15) is 0 Å². The summed E-state index contributed by atoms with van der Waals surface area (Å²) in [5.41, 5.74) is -1.37. The number of methoxy groups -OCH3 is 1. The maximum Gasteiger partial charge on any atom is 0.361 e. The lowest BCUT2D eigenvalue weighted by atomic mass is 10.1. The molecule has 1 N–H and O–H groups in total. The van der Waals surface area contributed by atoms with Crippen LogP contribution in [0.5, 0.6) is 11.5 Å². The molecule has 10 heteroatoms. The zero-order chi connectivity index (χ0) is 18.1. The summed E-state index contributed by atoms with van der Waals surface area (Å²) in [5, 5.41) is 32.9. The van der Waals surface area contributed by atoms with Gasteiger partial charge in [-0.1, -0.05) is 30.3 Å². The van der Waals surface area contributed by atoms with E-state index in [9.17, 15) is 25.3 Å². The molecule has 2 aromatic carbocycles. The molecule has 3 aromatic rings. The zero-order valence-corrected chi connectivity index (χ0v) is 12.7. The van der Waals surface area contributed by atoms with Crippen molar-refractivity contribution in [3.8, 4) is 22.8 Å². The quantitative estimate of drug-likeness (QED) is 0.563. The third-order valence-electron chi connectivity index (χ3n) is 3.51. The second kappa shape index (κ2) is 6.00. The monoisotopic (exact) mass is 342 g/mol. The first kappa shape index (κ1) is 16.1. The Balaban J connectivity index is 2.43. The van der Waals surface area contributed by atoms with Gasteiger partial charge in [0.2, 0.25) is 5.75 Å². The van der Waals surface area contributed by atoms with Gasteiger partial charge in [0.1, 0.15) is 5.52 Å². The first-order valence-electron chi connectivity index (χ1n) is 6.89. The van der Waals surface area contributed by atoms with Gasteiger partial charge in [0, 0.05) is 5.56 Å². The van der Waals surface area contributed by atoms with Gasteiger partial charge in [-0.05, 0) is 0 Å². The van der Waals surface area contributed by atoms with Crippen molar-refractivity contribution in [2.75, 3.05) is 7.11 Å². The number of hydrogen-bond donors (Lipinski definition) is 1. The first-order chi connectivity index (χ1) is 12.0. The van der Waals surface area contributed by atoms with Crippen LogP contribution in [0.3, 0.4) is 0 Å². The molecular formula is C15H10N4O6. The van der Waals surface area contributed by atoms with Crippen LogP contribution in [0.1, 0.15) is 0 Å². The summed E-state index contributed by atoms with van der Waals surface area (Å²) in [6.45, 7) is 0. The number of phenolic OH excluding ortho intramolecular Hbond substituents is 1. The normalized spacial score (nSPS) is 10.6. The van der Waals surface area contributed by atoms with Crippen molar-refractivity contribution in [3.63, 3.8) is 0 Å². The number of fused-ring (bicyclic) bond motifs is 1. The molecule has 0 aliphatic rings. The number of hydrogen-bond acceptors (Lipinski definition) is 8. The molecule has 0 radical (unpaired) electrons. The molecule has 0 aliphatic carbocycles. The Bertz CT molecular complexity index is 1010. The lowest BCUT2D eigenvalue weighted by molar-refractivity contribution is -0.395. The maximum atomic E-state index is 11.4. The molecule has 0 atom stereocenters. The van der Waals surface area contributed by atoms with Gasteiger partial charge in [-0.3, -0.25) is 20.2 Å². The molecule has 0 aliphatic heterocycles. The molecule has 25 heavy (non-hydrogen) atoms. The van der Waals surface area contributed by atoms with Crippen LogP contribution in [0.15, 0.2) is 36.5 Å². The van der Waals surface area contributed by atoms with Crippen molar-refractivity contribution < 1.29 is 19.7 Å². The highest BCUT2D eigenvalue weighted by Gasteiger charge is 2.36. The summed E-state index contributed by atoms with van der Waals surface area (Å²) in [6.07, 6.45) is 1.29. The number of nitro groups is 2. The van der Waals surface area contributed by atoms with Gasteiger partial charge in [-0.15, -0.1) is 0 Å². The topological polar surface area (TPSA) is 142 Å². The molecule has 0 fully saturated rings. The molecule has 10 nitrogen and oxygen atoms in total. The summed E-state index contributed by atoms with van der Waals surface area (Å²) in [5.74, 6) is -1.52. The fraction of sp³-hybridized carbons (Fsp3) is 0.0667. The molecule has 0 bridgehead atoms. The van der Waals surface area contributed by atoms with Crippen LogP contribution in [0.2, 0.25) is 0 Å². The van der Waals surface area contributed by atoms with E-state index >= 15 is 0 Å². The van der Waals surface area contributed by atoms with Crippen molar-refractivity contribution in [2.24, 2.45) is 0 Å². The minimum absolute atomic E-state index is 0.301. The second-order valence-corrected chi connectivity index (χ2v) is 4.91. The Morgan fingerprint density at radius 3 is 2.24 bits per heavy atom. The predicted molar refractivity (Wildman–Crippen MR) is 86.5 cm³/mol. The largest absolute Gasteiger partial charge is 0.500 e.